The van der Waals surface area contributed by atoms with Crippen LogP contribution in [0.4, 0.5) is 24.9 Å². The highest BCUT2D eigenvalue weighted by molar-refractivity contribution is 7.80. The van der Waals surface area contributed by atoms with Crippen LogP contribution < -0.4 is 15.5 Å². The van der Waals surface area contributed by atoms with Crippen LogP contribution in [0.2, 0.25) is 0 Å². The summed E-state index contributed by atoms with van der Waals surface area (Å²) in [7, 11) is 0. The molecule has 1 aliphatic heterocycles. The quantitative estimate of drug-likeness (QED) is 0.762. The number of halogens is 3. The molecule has 5 nitrogen and oxygen atoms in total. The maximum Gasteiger partial charge on any atom is 0.433 e. The molecule has 0 aromatic carbocycles. The van der Waals surface area contributed by atoms with Gasteiger partial charge >= 0.3 is 6.18 Å². The van der Waals surface area contributed by atoms with Crippen molar-refractivity contribution in [2.24, 2.45) is 17.8 Å². The maximum atomic E-state index is 13.3. The predicted octanol–water partition coefficient (Wildman–Crippen LogP) is 3.92. The topological polar surface area (TPSA) is 53.1 Å². The minimum atomic E-state index is -4.55. The molecule has 0 aliphatic carbocycles. The summed E-state index contributed by atoms with van der Waals surface area (Å²) in [5.41, 5.74) is -0.970. The standard InChI is InChI=1S/C17H26F3N5S/c1-10(2)7-21-16(26)24-15-22-13(17(18,19)20)6-14(23-15)25-8-11(3)5-12(4)9-25/h6,10-12H,5,7-9H2,1-4H3,(H2,21,22,23,24,26)/t11-,12+. The SMILES string of the molecule is CC(C)CNC(=S)Nc1nc(N2C[C@H](C)C[C@H](C)C2)cc(C(F)(F)F)n1. The zero-order valence-electron chi connectivity index (χ0n) is 15.5. The number of anilines is 2. The summed E-state index contributed by atoms with van der Waals surface area (Å²) in [4.78, 5) is 9.78. The average molecular weight is 389 g/mol. The van der Waals surface area contributed by atoms with Gasteiger partial charge in [-0.05, 0) is 36.4 Å². The van der Waals surface area contributed by atoms with Crippen LogP contribution >= 0.6 is 12.2 Å². The molecule has 9 heteroatoms. The summed E-state index contributed by atoms with van der Waals surface area (Å²) in [6, 6.07) is 1.01. The second kappa shape index (κ2) is 8.37. The lowest BCUT2D eigenvalue weighted by Gasteiger charge is -2.36. The van der Waals surface area contributed by atoms with Gasteiger partial charge in [-0.25, -0.2) is 4.98 Å². The van der Waals surface area contributed by atoms with E-state index in [-0.39, 0.29) is 16.9 Å². The summed E-state index contributed by atoms with van der Waals surface area (Å²) in [5, 5.41) is 5.84. The van der Waals surface area contributed by atoms with Crippen LogP contribution in [-0.2, 0) is 6.18 Å². The molecule has 0 unspecified atom stereocenters. The second-order valence-electron chi connectivity index (χ2n) is 7.51. The lowest BCUT2D eigenvalue weighted by Crippen LogP contribution is -2.39. The van der Waals surface area contributed by atoms with Crippen LogP contribution in [0, 0.1) is 17.8 Å². The molecule has 2 atom stereocenters. The van der Waals surface area contributed by atoms with Gasteiger partial charge in [-0.15, -0.1) is 0 Å². The van der Waals surface area contributed by atoms with Crippen LogP contribution in [-0.4, -0.2) is 34.7 Å². The molecule has 1 aromatic heterocycles. The third-order valence-electron chi connectivity index (χ3n) is 4.09. The summed E-state index contributed by atoms with van der Waals surface area (Å²) >= 11 is 5.13. The smallest absolute Gasteiger partial charge is 0.362 e. The van der Waals surface area contributed by atoms with E-state index in [1.165, 1.54) is 0 Å². The molecule has 2 N–H and O–H groups in total. The molecule has 2 rings (SSSR count). The monoisotopic (exact) mass is 389 g/mol. The number of aromatic nitrogens is 2. The second-order valence-corrected chi connectivity index (χ2v) is 7.92. The van der Waals surface area contributed by atoms with E-state index in [1.807, 2.05) is 18.7 Å². The highest BCUT2D eigenvalue weighted by Crippen LogP contribution is 2.32. The molecule has 26 heavy (non-hydrogen) atoms. The zero-order chi connectivity index (χ0) is 19.5. The van der Waals surface area contributed by atoms with Gasteiger partial charge in [0, 0.05) is 25.7 Å². The third-order valence-corrected chi connectivity index (χ3v) is 4.34. The lowest BCUT2D eigenvalue weighted by molar-refractivity contribution is -0.141. The summed E-state index contributed by atoms with van der Waals surface area (Å²) in [6.07, 6.45) is -3.49. The largest absolute Gasteiger partial charge is 0.433 e. The van der Waals surface area contributed by atoms with E-state index in [9.17, 15) is 13.2 Å². The third kappa shape index (κ3) is 5.96. The highest BCUT2D eigenvalue weighted by Gasteiger charge is 2.35. The first kappa shape index (κ1) is 20.7. The molecular formula is C17H26F3N5S. The van der Waals surface area contributed by atoms with Crippen molar-refractivity contribution < 1.29 is 13.2 Å². The van der Waals surface area contributed by atoms with Crippen molar-refractivity contribution >= 4 is 29.1 Å². The van der Waals surface area contributed by atoms with Crippen LogP contribution in [0.3, 0.4) is 0 Å². The van der Waals surface area contributed by atoms with Crippen molar-refractivity contribution in [1.82, 2.24) is 15.3 Å². The highest BCUT2D eigenvalue weighted by atomic mass is 32.1. The van der Waals surface area contributed by atoms with E-state index >= 15 is 0 Å². The average Bonchev–Trinajstić information content (AvgIpc) is 2.51. The van der Waals surface area contributed by atoms with E-state index in [4.69, 9.17) is 12.2 Å². The predicted molar refractivity (Wildman–Crippen MR) is 101 cm³/mol. The molecule has 1 aromatic rings. The molecule has 0 saturated carbocycles. The Bertz CT molecular complexity index is 625. The molecule has 0 spiro atoms. The Labute approximate surface area is 157 Å². The van der Waals surface area contributed by atoms with Gasteiger partial charge < -0.3 is 15.5 Å². The molecule has 146 valence electrons. The van der Waals surface area contributed by atoms with Gasteiger partial charge in [-0.3, -0.25) is 0 Å². The lowest BCUT2D eigenvalue weighted by atomic mass is 9.92. The fourth-order valence-corrected chi connectivity index (χ4v) is 3.26. The molecule has 0 bridgehead atoms. The molecule has 0 radical (unpaired) electrons. The fourth-order valence-electron chi connectivity index (χ4n) is 3.09. The Balaban J connectivity index is 2.26. The van der Waals surface area contributed by atoms with Gasteiger partial charge in [-0.1, -0.05) is 27.7 Å². The Hall–Kier alpha value is -1.64. The number of piperidine rings is 1. The first-order valence-corrected chi connectivity index (χ1v) is 9.21. The molecule has 0 amide bonds. The van der Waals surface area contributed by atoms with Gasteiger partial charge in [0.2, 0.25) is 5.95 Å². The van der Waals surface area contributed by atoms with E-state index in [0.29, 0.717) is 37.4 Å². The molecule has 1 aliphatic rings. The van der Waals surface area contributed by atoms with Crippen molar-refractivity contribution in [3.05, 3.63) is 11.8 Å². The van der Waals surface area contributed by atoms with E-state index in [2.05, 4.69) is 34.4 Å². The zero-order valence-corrected chi connectivity index (χ0v) is 16.3. The van der Waals surface area contributed by atoms with Gasteiger partial charge in [0.05, 0.1) is 0 Å². The van der Waals surface area contributed by atoms with E-state index in [0.717, 1.165) is 12.5 Å². The van der Waals surface area contributed by atoms with Crippen LogP contribution in [0.5, 0.6) is 0 Å². The minimum absolute atomic E-state index is 0.137. The summed E-state index contributed by atoms with van der Waals surface area (Å²) in [5.74, 6) is 1.28. The first-order chi connectivity index (χ1) is 12.0. The molecule has 1 fully saturated rings. The van der Waals surface area contributed by atoms with Crippen LogP contribution in [0.1, 0.15) is 39.8 Å². The van der Waals surface area contributed by atoms with Crippen molar-refractivity contribution in [2.75, 3.05) is 29.9 Å². The molecule has 2 heterocycles. The number of hydrogen-bond acceptors (Lipinski definition) is 4. The minimum Gasteiger partial charge on any atom is -0.362 e. The first-order valence-electron chi connectivity index (χ1n) is 8.80. The summed E-state index contributed by atoms with van der Waals surface area (Å²) < 4.78 is 39.8. The summed E-state index contributed by atoms with van der Waals surface area (Å²) in [6.45, 7) is 10.2. The Kier molecular flexibility index (Phi) is 6.65. The Morgan fingerprint density at radius 2 is 1.88 bits per heavy atom. The number of rotatable bonds is 4. The van der Waals surface area contributed by atoms with Gasteiger partial charge in [0.15, 0.2) is 10.8 Å². The van der Waals surface area contributed by atoms with Crippen molar-refractivity contribution in [1.29, 1.82) is 0 Å². The number of nitrogens with one attached hydrogen (secondary N) is 2. The number of nitrogens with zero attached hydrogens (tertiary/aromatic N) is 3. The van der Waals surface area contributed by atoms with Gasteiger partial charge in [-0.2, -0.15) is 18.2 Å². The Morgan fingerprint density at radius 3 is 2.42 bits per heavy atom. The van der Waals surface area contributed by atoms with E-state index < -0.39 is 11.9 Å². The number of hydrogen-bond donors (Lipinski definition) is 2. The molecular weight excluding hydrogens is 363 g/mol. The normalized spacial score (nSPS) is 21.0. The fraction of sp³-hybridized carbons (Fsp3) is 0.706. The van der Waals surface area contributed by atoms with Gasteiger partial charge in [0.25, 0.3) is 0 Å². The Morgan fingerprint density at radius 1 is 1.27 bits per heavy atom. The van der Waals surface area contributed by atoms with E-state index in [1.54, 1.807) is 0 Å². The molecule has 1 saturated heterocycles. The van der Waals surface area contributed by atoms with Gasteiger partial charge in [0.1, 0.15) is 5.82 Å². The van der Waals surface area contributed by atoms with Crippen molar-refractivity contribution in [3.8, 4) is 0 Å². The van der Waals surface area contributed by atoms with Crippen LogP contribution in [0.15, 0.2) is 6.07 Å². The number of alkyl halides is 3. The number of thiocarbonyl (C=S) groups is 1. The van der Waals surface area contributed by atoms with Crippen LogP contribution in [0.25, 0.3) is 0 Å². The maximum absolute atomic E-state index is 13.3. The van der Waals surface area contributed by atoms with Crippen molar-refractivity contribution in [3.63, 3.8) is 0 Å². The van der Waals surface area contributed by atoms with Crippen molar-refractivity contribution in [2.45, 2.75) is 40.3 Å².